The molecule has 2 unspecified atom stereocenters. The molecule has 308 valence electrons. The third-order valence-corrected chi connectivity index (χ3v) is 9.41. The van der Waals surface area contributed by atoms with Crippen LogP contribution in [0, 0.1) is 0 Å². The fraction of sp³-hybridized carbons (Fsp3) is 0.146. The average molecular weight is 873 g/mol. The summed E-state index contributed by atoms with van der Waals surface area (Å²) in [7, 11) is 0. The second kappa shape index (κ2) is 16.9. The number of amides is 1. The van der Waals surface area contributed by atoms with Gasteiger partial charge in [-0.1, -0.05) is 59.6 Å². The van der Waals surface area contributed by atoms with E-state index in [0.29, 0.717) is 44.1 Å². The number of hydrogen-bond acceptors (Lipinski definition) is 10. The predicted octanol–water partition coefficient (Wildman–Crippen LogP) is 10.3. The van der Waals surface area contributed by atoms with Crippen LogP contribution in [0.3, 0.4) is 0 Å². The first-order valence-electron chi connectivity index (χ1n) is 17.4. The monoisotopic (exact) mass is 871 g/mol. The van der Waals surface area contributed by atoms with Crippen LogP contribution in [0.2, 0.25) is 10.0 Å². The molecule has 2 aliphatic rings. The number of cyclic esters (lactones) is 2. The summed E-state index contributed by atoms with van der Waals surface area (Å²) in [4.78, 5) is 44.6. The van der Waals surface area contributed by atoms with Crippen molar-refractivity contribution in [2.75, 3.05) is 5.32 Å². The van der Waals surface area contributed by atoms with Crippen LogP contribution in [0.25, 0.3) is 0 Å². The molecule has 2 atom stereocenters. The first-order valence-corrected chi connectivity index (χ1v) is 18.1. The van der Waals surface area contributed by atoms with E-state index in [1.165, 1.54) is 48.5 Å². The van der Waals surface area contributed by atoms with Gasteiger partial charge in [-0.25, -0.2) is 19.6 Å². The maximum Gasteiger partial charge on any atom is 0.468 e. The molecule has 0 radical (unpaired) electrons. The number of esters is 2. The topological polar surface area (TPSA) is 134 Å². The highest BCUT2D eigenvalue weighted by Crippen LogP contribution is 2.34. The first-order chi connectivity index (χ1) is 28.5. The van der Waals surface area contributed by atoms with Crippen LogP contribution >= 0.6 is 23.2 Å². The molecule has 0 saturated heterocycles. The normalized spacial score (nSPS) is 16.4. The van der Waals surface area contributed by atoms with Gasteiger partial charge in [-0.2, -0.15) is 26.3 Å². The van der Waals surface area contributed by atoms with Crippen LogP contribution < -0.4 is 19.5 Å². The summed E-state index contributed by atoms with van der Waals surface area (Å²) in [6.45, 7) is -0.210. The van der Waals surface area contributed by atoms with Gasteiger partial charge < -0.3 is 29.0 Å². The molecular formula is C41H25Cl2F6N3O8. The van der Waals surface area contributed by atoms with E-state index in [4.69, 9.17) is 37.4 Å². The lowest BCUT2D eigenvalue weighted by atomic mass is 10.0. The van der Waals surface area contributed by atoms with Crippen molar-refractivity contribution < 1.29 is 64.4 Å². The van der Waals surface area contributed by atoms with E-state index < -0.39 is 54.1 Å². The Hall–Kier alpha value is -6.59. The van der Waals surface area contributed by atoms with E-state index in [1.807, 2.05) is 0 Å². The summed E-state index contributed by atoms with van der Waals surface area (Å²) in [5.41, 5.74) is 1.84. The number of benzene rings is 5. The molecule has 2 aliphatic heterocycles. The van der Waals surface area contributed by atoms with E-state index in [2.05, 4.69) is 24.8 Å². The number of ether oxygens (including phenoxy) is 5. The van der Waals surface area contributed by atoms with Crippen LogP contribution in [-0.4, -0.2) is 42.0 Å². The summed E-state index contributed by atoms with van der Waals surface area (Å²) in [5.74, 6) is -4.68. The Morgan fingerprint density at radius 2 is 1.12 bits per heavy atom. The number of hydrogen-bond donors (Lipinski definition) is 1. The highest BCUT2D eigenvalue weighted by atomic mass is 35.5. The number of carbonyl (C=O) groups excluding carboxylic acids is 3. The van der Waals surface area contributed by atoms with Gasteiger partial charge in [-0.3, -0.25) is 4.79 Å². The lowest BCUT2D eigenvalue weighted by molar-refractivity contribution is -0.139. The Morgan fingerprint density at radius 1 is 0.617 bits per heavy atom. The molecule has 1 N–H and O–H groups in total. The largest absolute Gasteiger partial charge is 0.489 e. The average Bonchev–Trinajstić information content (AvgIpc) is 3.82. The van der Waals surface area contributed by atoms with Gasteiger partial charge in [-0.15, -0.1) is 0 Å². The number of rotatable bonds is 12. The van der Waals surface area contributed by atoms with Gasteiger partial charge >= 0.3 is 36.1 Å². The molecule has 0 aliphatic carbocycles. The van der Waals surface area contributed by atoms with Gasteiger partial charge in [0, 0.05) is 22.9 Å². The van der Waals surface area contributed by atoms with Gasteiger partial charge in [0.05, 0.1) is 10.0 Å². The zero-order valence-electron chi connectivity index (χ0n) is 30.1. The second-order valence-corrected chi connectivity index (χ2v) is 13.7. The number of aliphatic imine (C=N–C) groups is 2. The lowest BCUT2D eigenvalue weighted by Crippen LogP contribution is -2.23. The van der Waals surface area contributed by atoms with Gasteiger partial charge in [0.25, 0.3) is 5.91 Å². The zero-order valence-corrected chi connectivity index (χ0v) is 31.7. The Kier molecular flexibility index (Phi) is 11.7. The molecule has 0 fully saturated rings. The fourth-order valence-electron chi connectivity index (χ4n) is 5.73. The zero-order chi connectivity index (χ0) is 42.8. The molecule has 5 aromatic carbocycles. The Labute approximate surface area is 345 Å². The number of alkyl halides is 6. The Morgan fingerprint density at radius 3 is 1.62 bits per heavy atom. The van der Waals surface area contributed by atoms with Gasteiger partial charge in [0.15, 0.2) is 12.1 Å². The quantitative estimate of drug-likeness (QED) is 0.0968. The lowest BCUT2D eigenvalue weighted by Gasteiger charge is -2.15. The maximum absolute atomic E-state index is 13.8. The molecule has 11 nitrogen and oxygen atoms in total. The minimum Gasteiger partial charge on any atom is -0.489 e. The molecule has 1 amide bonds. The smallest absolute Gasteiger partial charge is 0.468 e. The summed E-state index contributed by atoms with van der Waals surface area (Å²) in [5, 5.41) is 3.50. The van der Waals surface area contributed by atoms with Crippen molar-refractivity contribution in [3.8, 4) is 23.0 Å². The molecule has 60 heavy (non-hydrogen) atoms. The van der Waals surface area contributed by atoms with Crippen molar-refractivity contribution in [3.05, 3.63) is 147 Å². The maximum atomic E-state index is 13.8. The van der Waals surface area contributed by atoms with E-state index in [-0.39, 0.29) is 35.7 Å². The highest BCUT2D eigenvalue weighted by Gasteiger charge is 2.47. The van der Waals surface area contributed by atoms with Crippen molar-refractivity contribution in [1.82, 2.24) is 0 Å². The molecule has 0 aromatic heterocycles. The number of carbonyl (C=O) groups is 3. The third-order valence-electron chi connectivity index (χ3n) is 8.67. The van der Waals surface area contributed by atoms with Crippen molar-refractivity contribution in [2.24, 2.45) is 9.98 Å². The minimum absolute atomic E-state index is 0.0625. The van der Waals surface area contributed by atoms with Crippen molar-refractivity contribution >= 4 is 58.5 Å². The van der Waals surface area contributed by atoms with Gasteiger partial charge in [0.1, 0.15) is 36.2 Å². The van der Waals surface area contributed by atoms with Gasteiger partial charge in [0.2, 0.25) is 0 Å². The Balaban J connectivity index is 1.06. The number of halogens is 8. The van der Waals surface area contributed by atoms with Gasteiger partial charge in [-0.05, 0) is 83.4 Å². The predicted molar refractivity (Wildman–Crippen MR) is 204 cm³/mol. The van der Waals surface area contributed by atoms with E-state index in [9.17, 15) is 40.7 Å². The van der Waals surface area contributed by atoms with Crippen LogP contribution in [0.1, 0.15) is 44.7 Å². The highest BCUT2D eigenvalue weighted by molar-refractivity contribution is 6.42. The summed E-state index contributed by atoms with van der Waals surface area (Å²) in [6, 6.07) is 24.4. The van der Waals surface area contributed by atoms with E-state index in [1.54, 1.807) is 60.7 Å². The van der Waals surface area contributed by atoms with E-state index in [0.717, 1.165) is 0 Å². The van der Waals surface area contributed by atoms with Crippen LogP contribution in [0.5, 0.6) is 23.0 Å². The second-order valence-electron chi connectivity index (χ2n) is 12.9. The molecule has 0 spiro atoms. The van der Waals surface area contributed by atoms with Crippen LogP contribution in [-0.2, 0) is 32.3 Å². The van der Waals surface area contributed by atoms with Crippen LogP contribution in [0.15, 0.2) is 119 Å². The molecule has 7 rings (SSSR count). The number of nitrogens with one attached hydrogen (secondary N) is 1. The fourth-order valence-corrected chi connectivity index (χ4v) is 6.02. The molecule has 2 heterocycles. The number of anilines is 1. The Bertz CT molecular complexity index is 2510. The van der Waals surface area contributed by atoms with E-state index >= 15 is 0 Å². The summed E-state index contributed by atoms with van der Waals surface area (Å²) in [6.07, 6.45) is -9.83. The van der Waals surface area contributed by atoms with Crippen molar-refractivity contribution in [2.45, 2.75) is 37.7 Å². The molecule has 19 heteroatoms. The third kappa shape index (κ3) is 9.81. The van der Waals surface area contributed by atoms with Crippen molar-refractivity contribution in [1.29, 1.82) is 0 Å². The summed E-state index contributed by atoms with van der Waals surface area (Å²) < 4.78 is 104. The first kappa shape index (κ1) is 41.6. The van der Waals surface area contributed by atoms with Crippen LogP contribution in [0.4, 0.5) is 32.0 Å². The summed E-state index contributed by atoms with van der Waals surface area (Å²) >= 11 is 12.1. The standard InChI is InChI=1S/C41H25Cl2F6N3O8/c42-31-16-15-29(18-32(31)43)58-28-13-7-25(8-14-28)50-35(53)30-17-21(19-56-26-9-3-22(4-10-26)33-36(54)59-38(51-33)40(44,45)46)1-2-24(30)20-57-27-11-5-23(6-12-27)34-37(55)60-39(52-34)41(47,48)49/h1-18,33-34H,19-20H2,(H,50,53). The minimum atomic E-state index is -4.92. The van der Waals surface area contributed by atoms with Crippen molar-refractivity contribution in [3.63, 3.8) is 0 Å². The molecule has 5 aromatic rings. The SMILES string of the molecule is O=C(Nc1ccc(Oc2ccc(Cl)c(Cl)c2)cc1)c1cc(COc2ccc(C3N=C(C(F)(F)F)OC3=O)cc2)ccc1COc1ccc(C2N=C(C(F)(F)F)OC2=O)cc1. The molecular weight excluding hydrogens is 847 g/mol. The number of nitrogens with zero attached hydrogens (tertiary/aromatic N) is 2. The molecule has 0 saturated carbocycles. The molecule has 0 bridgehead atoms.